The van der Waals surface area contributed by atoms with Crippen molar-refractivity contribution in [1.29, 1.82) is 0 Å². The fourth-order valence-electron chi connectivity index (χ4n) is 1.45. The molecule has 1 aromatic heterocycles. The Morgan fingerprint density at radius 3 is 2.75 bits per heavy atom. The Balaban J connectivity index is 2.41. The van der Waals surface area contributed by atoms with Crippen molar-refractivity contribution in [2.24, 2.45) is 0 Å². The molecule has 0 radical (unpaired) electrons. The summed E-state index contributed by atoms with van der Waals surface area (Å²) in [6.07, 6.45) is 0. The number of rotatable bonds is 3. The van der Waals surface area contributed by atoms with Crippen molar-refractivity contribution < 1.29 is 0 Å². The van der Waals surface area contributed by atoms with E-state index in [1.54, 1.807) is 4.68 Å². The molecule has 0 aliphatic heterocycles. The molecule has 0 amide bonds. The number of hydrogen-bond donors (Lipinski definition) is 1. The quantitative estimate of drug-likeness (QED) is 0.750. The molecule has 0 aliphatic rings. The summed E-state index contributed by atoms with van der Waals surface area (Å²) in [5.41, 5.74) is 7.35. The van der Waals surface area contributed by atoms with E-state index in [0.717, 1.165) is 11.5 Å². The van der Waals surface area contributed by atoms with E-state index >= 15 is 0 Å². The average Bonchev–Trinajstić information content (AvgIpc) is 2.66. The first-order valence-electron chi connectivity index (χ1n) is 4.95. The van der Waals surface area contributed by atoms with Gasteiger partial charge in [-0.2, -0.15) is 4.68 Å². The molecule has 0 aliphatic carbocycles. The van der Waals surface area contributed by atoms with Gasteiger partial charge in [-0.25, -0.2) is 0 Å². The molecule has 84 valence electrons. The second-order valence-corrected chi connectivity index (χ2v) is 3.80. The molecule has 2 rings (SSSR count). The van der Waals surface area contributed by atoms with Gasteiger partial charge >= 0.3 is 0 Å². The number of anilines is 1. The summed E-state index contributed by atoms with van der Waals surface area (Å²) < 4.78 is 1.66. The summed E-state index contributed by atoms with van der Waals surface area (Å²) in [6.45, 7) is 0.668. The minimum Gasteiger partial charge on any atom is -0.397 e. The van der Waals surface area contributed by atoms with E-state index in [2.05, 4.69) is 15.5 Å². The standard InChI is InChI=1S/C10H14N6/c1-15(2)7-10-12-13-14-16(10)9-6-4-3-5-8(9)11/h3-6H,7,11H2,1-2H3. The van der Waals surface area contributed by atoms with E-state index < -0.39 is 0 Å². The molecule has 0 unspecified atom stereocenters. The Morgan fingerprint density at radius 1 is 1.31 bits per heavy atom. The van der Waals surface area contributed by atoms with Gasteiger partial charge in [-0.1, -0.05) is 12.1 Å². The third kappa shape index (κ3) is 2.01. The minimum atomic E-state index is 0.662. The Kier molecular flexibility index (Phi) is 2.82. The number of hydrogen-bond acceptors (Lipinski definition) is 5. The molecule has 6 nitrogen and oxygen atoms in total. The highest BCUT2D eigenvalue weighted by molar-refractivity contribution is 5.56. The molecule has 0 saturated carbocycles. The Bertz CT molecular complexity index is 476. The number of nitrogens with two attached hydrogens (primary N) is 1. The third-order valence-electron chi connectivity index (χ3n) is 2.16. The predicted octanol–water partition coefficient (Wildman–Crippen LogP) is 0.306. The first-order valence-corrected chi connectivity index (χ1v) is 4.95. The van der Waals surface area contributed by atoms with Crippen LogP contribution in [0.5, 0.6) is 0 Å². The van der Waals surface area contributed by atoms with E-state index in [1.165, 1.54) is 0 Å². The maximum absolute atomic E-state index is 5.88. The van der Waals surface area contributed by atoms with Crippen LogP contribution in [-0.4, -0.2) is 39.2 Å². The summed E-state index contributed by atoms with van der Waals surface area (Å²) in [4.78, 5) is 2.00. The van der Waals surface area contributed by atoms with E-state index in [-0.39, 0.29) is 0 Å². The van der Waals surface area contributed by atoms with Gasteiger partial charge in [0.1, 0.15) is 0 Å². The van der Waals surface area contributed by atoms with Crippen LogP contribution in [0.3, 0.4) is 0 Å². The molecule has 2 aromatic rings. The highest BCUT2D eigenvalue weighted by Crippen LogP contribution is 2.16. The molecular weight excluding hydrogens is 204 g/mol. The third-order valence-corrected chi connectivity index (χ3v) is 2.16. The molecule has 0 saturated heterocycles. The van der Waals surface area contributed by atoms with Gasteiger partial charge in [0.25, 0.3) is 0 Å². The lowest BCUT2D eigenvalue weighted by Crippen LogP contribution is -2.16. The van der Waals surface area contributed by atoms with Crippen LogP contribution in [0.15, 0.2) is 24.3 Å². The lowest BCUT2D eigenvalue weighted by Gasteiger charge is -2.10. The van der Waals surface area contributed by atoms with Crippen LogP contribution in [0.1, 0.15) is 5.82 Å². The maximum atomic E-state index is 5.88. The topological polar surface area (TPSA) is 72.9 Å². The lowest BCUT2D eigenvalue weighted by molar-refractivity contribution is 0.385. The first-order chi connectivity index (χ1) is 7.68. The Labute approximate surface area is 93.7 Å². The summed E-state index contributed by atoms with van der Waals surface area (Å²) >= 11 is 0. The first kappa shape index (κ1) is 10.6. The highest BCUT2D eigenvalue weighted by atomic mass is 15.5. The summed E-state index contributed by atoms with van der Waals surface area (Å²) in [5, 5.41) is 11.6. The zero-order valence-electron chi connectivity index (χ0n) is 9.33. The fourth-order valence-corrected chi connectivity index (χ4v) is 1.45. The van der Waals surface area contributed by atoms with Gasteiger partial charge in [-0.05, 0) is 36.7 Å². The number of para-hydroxylation sites is 2. The van der Waals surface area contributed by atoms with E-state index in [1.807, 2.05) is 43.3 Å². The van der Waals surface area contributed by atoms with Crippen LogP contribution >= 0.6 is 0 Å². The molecule has 1 aromatic carbocycles. The number of nitrogen functional groups attached to an aromatic ring is 1. The number of aromatic nitrogens is 4. The van der Waals surface area contributed by atoms with Crippen molar-refractivity contribution in [2.75, 3.05) is 19.8 Å². The van der Waals surface area contributed by atoms with Gasteiger partial charge < -0.3 is 10.6 Å². The van der Waals surface area contributed by atoms with Crippen molar-refractivity contribution in [2.45, 2.75) is 6.54 Å². The van der Waals surface area contributed by atoms with Crippen molar-refractivity contribution in [1.82, 2.24) is 25.1 Å². The summed E-state index contributed by atoms with van der Waals surface area (Å²) in [5.74, 6) is 0.767. The molecule has 0 bridgehead atoms. The molecule has 0 fully saturated rings. The van der Waals surface area contributed by atoms with Crippen LogP contribution in [0.4, 0.5) is 5.69 Å². The summed E-state index contributed by atoms with van der Waals surface area (Å²) in [7, 11) is 3.93. The van der Waals surface area contributed by atoms with E-state index in [4.69, 9.17) is 5.73 Å². The Hall–Kier alpha value is -1.95. The number of nitrogens with zero attached hydrogens (tertiary/aromatic N) is 5. The normalized spacial score (nSPS) is 10.9. The SMILES string of the molecule is CN(C)Cc1nnnn1-c1ccccc1N. The van der Waals surface area contributed by atoms with Gasteiger partial charge in [0.2, 0.25) is 0 Å². The molecule has 0 spiro atoms. The number of benzene rings is 1. The molecule has 2 N–H and O–H groups in total. The Morgan fingerprint density at radius 2 is 2.06 bits per heavy atom. The van der Waals surface area contributed by atoms with Crippen LogP contribution in [0.2, 0.25) is 0 Å². The maximum Gasteiger partial charge on any atom is 0.170 e. The average molecular weight is 218 g/mol. The van der Waals surface area contributed by atoms with Crippen molar-refractivity contribution in [3.8, 4) is 5.69 Å². The van der Waals surface area contributed by atoms with Gasteiger partial charge in [-0.15, -0.1) is 5.10 Å². The van der Waals surface area contributed by atoms with Gasteiger partial charge in [-0.3, -0.25) is 0 Å². The lowest BCUT2D eigenvalue weighted by atomic mass is 10.3. The zero-order valence-corrected chi connectivity index (χ0v) is 9.33. The smallest absolute Gasteiger partial charge is 0.170 e. The van der Waals surface area contributed by atoms with Gasteiger partial charge in [0, 0.05) is 0 Å². The summed E-state index contributed by atoms with van der Waals surface area (Å²) in [6, 6.07) is 7.52. The zero-order chi connectivity index (χ0) is 11.5. The van der Waals surface area contributed by atoms with Crippen LogP contribution in [0.25, 0.3) is 5.69 Å². The second kappa shape index (κ2) is 4.28. The van der Waals surface area contributed by atoms with E-state index in [9.17, 15) is 0 Å². The van der Waals surface area contributed by atoms with Crippen molar-refractivity contribution in [3.63, 3.8) is 0 Å². The monoisotopic (exact) mass is 218 g/mol. The number of tetrazole rings is 1. The minimum absolute atomic E-state index is 0.662. The van der Waals surface area contributed by atoms with Crippen LogP contribution in [-0.2, 0) is 6.54 Å². The molecular formula is C10H14N6. The van der Waals surface area contributed by atoms with Gasteiger partial charge in [0.15, 0.2) is 5.82 Å². The van der Waals surface area contributed by atoms with Crippen molar-refractivity contribution >= 4 is 5.69 Å². The molecule has 16 heavy (non-hydrogen) atoms. The predicted molar refractivity (Wildman–Crippen MR) is 61.0 cm³/mol. The fraction of sp³-hybridized carbons (Fsp3) is 0.300. The molecule has 0 atom stereocenters. The molecule has 6 heteroatoms. The van der Waals surface area contributed by atoms with Crippen LogP contribution < -0.4 is 5.73 Å². The highest BCUT2D eigenvalue weighted by Gasteiger charge is 2.10. The van der Waals surface area contributed by atoms with Crippen molar-refractivity contribution in [3.05, 3.63) is 30.1 Å². The van der Waals surface area contributed by atoms with Crippen LogP contribution in [0, 0.1) is 0 Å². The molecule has 1 heterocycles. The van der Waals surface area contributed by atoms with Gasteiger partial charge in [0.05, 0.1) is 17.9 Å². The largest absolute Gasteiger partial charge is 0.397 e. The van der Waals surface area contributed by atoms with E-state index in [0.29, 0.717) is 12.2 Å². The second-order valence-electron chi connectivity index (χ2n) is 3.80.